The zero-order chi connectivity index (χ0) is 16.6. The van der Waals surface area contributed by atoms with Crippen LogP contribution in [0.25, 0.3) is 0 Å². The summed E-state index contributed by atoms with van der Waals surface area (Å²) in [5.74, 6) is -0.163. The molecule has 0 radical (unpaired) electrons. The van der Waals surface area contributed by atoms with Gasteiger partial charge >= 0.3 is 0 Å². The fourth-order valence-corrected chi connectivity index (χ4v) is 3.15. The average Bonchev–Trinajstić information content (AvgIpc) is 2.87. The summed E-state index contributed by atoms with van der Waals surface area (Å²) in [7, 11) is -3.34. The third-order valence-corrected chi connectivity index (χ3v) is 4.27. The maximum atomic E-state index is 12.5. The van der Waals surface area contributed by atoms with Crippen LogP contribution < -0.4 is 10.3 Å². The Morgan fingerprint density at radius 3 is 2.57 bits per heavy atom. The highest BCUT2D eigenvalue weighted by Crippen LogP contribution is 2.18. The normalized spacial score (nSPS) is 14.4. The monoisotopic (exact) mass is 336 g/mol. The van der Waals surface area contributed by atoms with Crippen LogP contribution in [0, 0.1) is 0 Å². The molecule has 1 aromatic carbocycles. The number of anilines is 1. The largest absolute Gasteiger partial charge is 0.332 e. The Morgan fingerprint density at radius 1 is 1.22 bits per heavy atom. The van der Waals surface area contributed by atoms with Crippen molar-refractivity contribution < 1.29 is 13.2 Å². The molecule has 0 atom stereocenters. The summed E-state index contributed by atoms with van der Waals surface area (Å²) in [4.78, 5) is 25.7. The predicted molar refractivity (Wildman–Crippen MR) is 84.8 cm³/mol. The van der Waals surface area contributed by atoms with Gasteiger partial charge in [0.15, 0.2) is 0 Å². The van der Waals surface area contributed by atoms with Crippen LogP contribution in [0.5, 0.6) is 0 Å². The first kappa shape index (κ1) is 15.3. The number of hydrogen-bond acceptors (Lipinski definition) is 4. The van der Waals surface area contributed by atoms with Gasteiger partial charge in [0.05, 0.1) is 18.5 Å². The number of aromatic amines is 2. The fraction of sp³-hybridized carbons (Fsp3) is 0.286. The number of H-pyrrole nitrogens is 2. The maximum absolute atomic E-state index is 12.5. The second-order valence-corrected chi connectivity index (χ2v) is 7.21. The van der Waals surface area contributed by atoms with Crippen LogP contribution in [0.1, 0.15) is 21.6 Å². The number of rotatable bonds is 3. The number of sulfonamides is 1. The van der Waals surface area contributed by atoms with E-state index in [0.717, 1.165) is 11.9 Å². The van der Waals surface area contributed by atoms with Gasteiger partial charge < -0.3 is 10.00 Å². The van der Waals surface area contributed by atoms with Crippen molar-refractivity contribution in [3.8, 4) is 0 Å². The van der Waals surface area contributed by atoms with Crippen molar-refractivity contribution in [2.45, 2.75) is 13.0 Å². The molecule has 1 aliphatic rings. The van der Waals surface area contributed by atoms with Gasteiger partial charge in [-0.3, -0.25) is 19.4 Å². The molecule has 0 aliphatic carbocycles. The summed E-state index contributed by atoms with van der Waals surface area (Å²) < 4.78 is 24.7. The van der Waals surface area contributed by atoms with Gasteiger partial charge in [-0.1, -0.05) is 0 Å². The molecule has 9 heteroatoms. The molecule has 0 spiro atoms. The van der Waals surface area contributed by atoms with Crippen molar-refractivity contribution in [2.75, 3.05) is 17.5 Å². The van der Waals surface area contributed by atoms with Gasteiger partial charge in [0.25, 0.3) is 11.5 Å². The topological polar surface area (TPSA) is 115 Å². The van der Waals surface area contributed by atoms with Gasteiger partial charge in [-0.2, -0.15) is 0 Å². The molecule has 1 aromatic heterocycles. The van der Waals surface area contributed by atoms with E-state index < -0.39 is 10.0 Å². The van der Waals surface area contributed by atoms with Crippen LogP contribution in [-0.4, -0.2) is 42.2 Å². The van der Waals surface area contributed by atoms with E-state index in [2.05, 4.69) is 14.9 Å². The summed E-state index contributed by atoms with van der Waals surface area (Å²) in [6, 6.07) is 6.24. The van der Waals surface area contributed by atoms with Gasteiger partial charge in [-0.25, -0.2) is 8.42 Å². The average molecular weight is 336 g/mol. The Morgan fingerprint density at radius 2 is 1.91 bits per heavy atom. The van der Waals surface area contributed by atoms with Gasteiger partial charge in [0, 0.05) is 23.4 Å². The molecule has 0 saturated carbocycles. The Bertz CT molecular complexity index is 896. The Balaban J connectivity index is 1.75. The van der Waals surface area contributed by atoms with Gasteiger partial charge in [0.1, 0.15) is 0 Å². The molecule has 8 nitrogen and oxygen atoms in total. The minimum absolute atomic E-state index is 0.136. The quantitative estimate of drug-likeness (QED) is 0.746. The molecule has 0 saturated heterocycles. The van der Waals surface area contributed by atoms with Crippen LogP contribution in [0.2, 0.25) is 0 Å². The number of amides is 1. The highest BCUT2D eigenvalue weighted by molar-refractivity contribution is 7.92. The second-order valence-electron chi connectivity index (χ2n) is 5.46. The zero-order valence-corrected chi connectivity index (χ0v) is 13.2. The van der Waals surface area contributed by atoms with Crippen molar-refractivity contribution in [1.82, 2.24) is 15.1 Å². The SMILES string of the molecule is CS(=O)(=O)Nc1ccc(C(=O)N2CCc3c([nH][nH]c3=O)C2)cc1. The van der Waals surface area contributed by atoms with Crippen molar-refractivity contribution in [2.24, 2.45) is 0 Å². The first-order valence-corrected chi connectivity index (χ1v) is 8.88. The van der Waals surface area contributed by atoms with E-state index in [1.54, 1.807) is 29.2 Å². The summed E-state index contributed by atoms with van der Waals surface area (Å²) in [6.07, 6.45) is 1.57. The predicted octanol–water partition coefficient (Wildman–Crippen LogP) is 0.273. The number of nitrogens with one attached hydrogen (secondary N) is 3. The van der Waals surface area contributed by atoms with Gasteiger partial charge in [-0.05, 0) is 30.7 Å². The van der Waals surface area contributed by atoms with E-state index in [-0.39, 0.29) is 11.5 Å². The van der Waals surface area contributed by atoms with Crippen LogP contribution in [0.3, 0.4) is 0 Å². The van der Waals surface area contributed by atoms with Crippen LogP contribution >= 0.6 is 0 Å². The Labute approximate surface area is 132 Å². The standard InChI is InChI=1S/C14H16N4O4S/c1-23(21,22)17-10-4-2-9(3-5-10)14(20)18-7-6-11-12(8-18)15-16-13(11)19/h2-5,17H,6-8H2,1H3,(H2,15,16,19). The molecule has 0 fully saturated rings. The summed E-state index contributed by atoms with van der Waals surface area (Å²) in [5.41, 5.74) is 2.15. The summed E-state index contributed by atoms with van der Waals surface area (Å²) in [6.45, 7) is 0.812. The number of fused-ring (bicyclic) bond motifs is 1. The van der Waals surface area contributed by atoms with E-state index in [4.69, 9.17) is 0 Å². The lowest BCUT2D eigenvalue weighted by Gasteiger charge is -2.26. The highest BCUT2D eigenvalue weighted by Gasteiger charge is 2.24. The van der Waals surface area contributed by atoms with Crippen LogP contribution in [0.4, 0.5) is 5.69 Å². The Kier molecular flexibility index (Phi) is 3.72. The smallest absolute Gasteiger partial charge is 0.267 e. The molecule has 2 heterocycles. The number of aromatic nitrogens is 2. The van der Waals surface area contributed by atoms with E-state index in [1.807, 2.05) is 0 Å². The molecule has 2 aromatic rings. The lowest BCUT2D eigenvalue weighted by Crippen LogP contribution is -2.36. The number of carbonyl (C=O) groups is 1. The summed E-state index contributed by atoms with van der Waals surface area (Å²) in [5, 5.41) is 5.31. The minimum Gasteiger partial charge on any atom is -0.332 e. The maximum Gasteiger partial charge on any atom is 0.267 e. The Hall–Kier alpha value is -2.55. The van der Waals surface area contributed by atoms with E-state index in [0.29, 0.717) is 36.3 Å². The number of nitrogens with zero attached hydrogens (tertiary/aromatic N) is 1. The fourth-order valence-electron chi connectivity index (χ4n) is 2.59. The minimum atomic E-state index is -3.34. The molecule has 23 heavy (non-hydrogen) atoms. The third kappa shape index (κ3) is 3.29. The third-order valence-electron chi connectivity index (χ3n) is 3.67. The molecule has 3 N–H and O–H groups in total. The first-order chi connectivity index (χ1) is 10.8. The molecular weight excluding hydrogens is 320 g/mol. The van der Waals surface area contributed by atoms with Crippen LogP contribution in [-0.2, 0) is 23.0 Å². The lowest BCUT2D eigenvalue weighted by atomic mass is 10.1. The molecule has 122 valence electrons. The molecule has 1 amide bonds. The van der Waals surface area contributed by atoms with Crippen molar-refractivity contribution >= 4 is 21.6 Å². The molecular formula is C14H16N4O4S. The van der Waals surface area contributed by atoms with E-state index in [9.17, 15) is 18.0 Å². The van der Waals surface area contributed by atoms with Crippen molar-refractivity contribution in [1.29, 1.82) is 0 Å². The van der Waals surface area contributed by atoms with Gasteiger partial charge in [-0.15, -0.1) is 0 Å². The first-order valence-electron chi connectivity index (χ1n) is 6.99. The highest BCUT2D eigenvalue weighted by atomic mass is 32.2. The summed E-state index contributed by atoms with van der Waals surface area (Å²) >= 11 is 0. The number of carbonyl (C=O) groups excluding carboxylic acids is 1. The van der Waals surface area contributed by atoms with Crippen LogP contribution in [0.15, 0.2) is 29.1 Å². The van der Waals surface area contributed by atoms with Crippen molar-refractivity contribution in [3.63, 3.8) is 0 Å². The van der Waals surface area contributed by atoms with Crippen molar-refractivity contribution in [3.05, 3.63) is 51.4 Å². The molecule has 3 rings (SSSR count). The van der Waals surface area contributed by atoms with E-state index in [1.165, 1.54) is 0 Å². The number of hydrogen-bond donors (Lipinski definition) is 3. The van der Waals surface area contributed by atoms with E-state index >= 15 is 0 Å². The zero-order valence-electron chi connectivity index (χ0n) is 12.4. The number of benzene rings is 1. The molecule has 1 aliphatic heterocycles. The molecule has 0 unspecified atom stereocenters. The second kappa shape index (κ2) is 5.58. The molecule has 0 bridgehead atoms. The lowest BCUT2D eigenvalue weighted by molar-refractivity contribution is 0.0732. The van der Waals surface area contributed by atoms with Gasteiger partial charge in [0.2, 0.25) is 10.0 Å².